The van der Waals surface area contributed by atoms with Crippen molar-refractivity contribution in [3.63, 3.8) is 0 Å². The van der Waals surface area contributed by atoms with Crippen LogP contribution in [0.15, 0.2) is 83.8 Å². The van der Waals surface area contributed by atoms with Gasteiger partial charge in [0.15, 0.2) is 0 Å². The van der Waals surface area contributed by atoms with Crippen LogP contribution in [0.25, 0.3) is 22.4 Å². The molecule has 0 bridgehead atoms. The Balaban J connectivity index is 1.45. The molecule has 0 atom stereocenters. The number of carbonyl (C=O) groups excluding carboxylic acids is 1. The number of nitrogens with one attached hydrogen (secondary N) is 2. The van der Waals surface area contributed by atoms with Crippen molar-refractivity contribution in [2.24, 2.45) is 0 Å². The molecular formula is C22H19N3OS. The summed E-state index contributed by atoms with van der Waals surface area (Å²) < 4.78 is 0. The Hall–Kier alpha value is -3.05. The molecule has 3 aromatic carbocycles. The minimum Gasteiger partial charge on any atom is -0.338 e. The Kier molecular flexibility index (Phi) is 5.21. The summed E-state index contributed by atoms with van der Waals surface area (Å²) >= 11 is 1.68. The number of carbonyl (C=O) groups is 1. The topological polar surface area (TPSA) is 57.8 Å². The standard InChI is InChI=1S/C22H19N3OS/c26-21(14-15-27-16-8-2-1-3-9-16)23-18-11-5-4-10-17(18)22-24-19-12-6-7-13-20(19)25-22/h1-13H,14-15H2,(H,23,26)(H,24,25). The van der Waals surface area contributed by atoms with Crippen molar-refractivity contribution < 1.29 is 4.79 Å². The molecule has 0 aliphatic heterocycles. The molecule has 1 aromatic heterocycles. The maximum absolute atomic E-state index is 12.4. The van der Waals surface area contributed by atoms with E-state index in [0.717, 1.165) is 33.9 Å². The number of thioether (sulfide) groups is 1. The minimum absolute atomic E-state index is 0.00184. The van der Waals surface area contributed by atoms with E-state index < -0.39 is 0 Å². The Labute approximate surface area is 162 Å². The zero-order valence-corrected chi connectivity index (χ0v) is 15.5. The van der Waals surface area contributed by atoms with E-state index in [1.807, 2.05) is 66.7 Å². The Morgan fingerprint density at radius 3 is 2.52 bits per heavy atom. The summed E-state index contributed by atoms with van der Waals surface area (Å²) in [6.45, 7) is 0. The number of aromatic amines is 1. The van der Waals surface area contributed by atoms with Gasteiger partial charge in [-0.15, -0.1) is 11.8 Å². The van der Waals surface area contributed by atoms with Crippen LogP contribution in [-0.2, 0) is 4.79 Å². The largest absolute Gasteiger partial charge is 0.338 e. The molecule has 0 saturated heterocycles. The van der Waals surface area contributed by atoms with Crippen molar-refractivity contribution >= 4 is 34.4 Å². The van der Waals surface area contributed by atoms with E-state index >= 15 is 0 Å². The van der Waals surface area contributed by atoms with Crippen LogP contribution < -0.4 is 5.32 Å². The summed E-state index contributed by atoms with van der Waals surface area (Å²) in [5.41, 5.74) is 3.55. The van der Waals surface area contributed by atoms with Crippen LogP contribution in [0.1, 0.15) is 6.42 Å². The van der Waals surface area contributed by atoms with Crippen LogP contribution >= 0.6 is 11.8 Å². The summed E-state index contributed by atoms with van der Waals surface area (Å²) in [5, 5.41) is 3.03. The fourth-order valence-electron chi connectivity index (χ4n) is 2.87. The van der Waals surface area contributed by atoms with Gasteiger partial charge in [-0.1, -0.05) is 42.5 Å². The second kappa shape index (κ2) is 8.10. The first-order valence-corrected chi connectivity index (χ1v) is 9.80. The fourth-order valence-corrected chi connectivity index (χ4v) is 3.74. The predicted molar refractivity (Wildman–Crippen MR) is 112 cm³/mol. The average molecular weight is 373 g/mol. The van der Waals surface area contributed by atoms with Gasteiger partial charge in [0.25, 0.3) is 0 Å². The molecule has 4 rings (SSSR count). The monoisotopic (exact) mass is 373 g/mol. The van der Waals surface area contributed by atoms with Crippen LogP contribution in [0.3, 0.4) is 0 Å². The van der Waals surface area contributed by atoms with E-state index in [1.54, 1.807) is 11.8 Å². The van der Waals surface area contributed by atoms with Crippen molar-refractivity contribution in [3.8, 4) is 11.4 Å². The first kappa shape index (κ1) is 17.4. The number of amides is 1. The lowest BCUT2D eigenvalue weighted by atomic mass is 10.1. The molecular weight excluding hydrogens is 354 g/mol. The van der Waals surface area contributed by atoms with Gasteiger partial charge in [-0.2, -0.15) is 0 Å². The number of benzene rings is 3. The molecule has 0 spiro atoms. The number of fused-ring (bicyclic) bond motifs is 1. The molecule has 0 fully saturated rings. The van der Waals surface area contributed by atoms with Gasteiger partial charge in [-0.3, -0.25) is 4.79 Å². The van der Waals surface area contributed by atoms with Gasteiger partial charge in [0.05, 0.1) is 16.7 Å². The van der Waals surface area contributed by atoms with Crippen LogP contribution in [0.2, 0.25) is 0 Å². The average Bonchev–Trinajstić information content (AvgIpc) is 3.13. The third kappa shape index (κ3) is 4.20. The highest BCUT2D eigenvalue weighted by Crippen LogP contribution is 2.28. The molecule has 0 unspecified atom stereocenters. The predicted octanol–water partition coefficient (Wildman–Crippen LogP) is 5.35. The van der Waals surface area contributed by atoms with Crippen molar-refractivity contribution in [2.45, 2.75) is 11.3 Å². The van der Waals surface area contributed by atoms with Crippen LogP contribution in [0.5, 0.6) is 0 Å². The van der Waals surface area contributed by atoms with E-state index in [-0.39, 0.29) is 5.91 Å². The van der Waals surface area contributed by atoms with Crippen molar-refractivity contribution in [1.82, 2.24) is 9.97 Å². The molecule has 4 nitrogen and oxygen atoms in total. The lowest BCUT2D eigenvalue weighted by Gasteiger charge is -2.09. The van der Waals surface area contributed by atoms with Gasteiger partial charge < -0.3 is 10.3 Å². The number of hydrogen-bond donors (Lipinski definition) is 2. The number of rotatable bonds is 6. The van der Waals surface area contributed by atoms with E-state index in [2.05, 4.69) is 27.4 Å². The smallest absolute Gasteiger partial charge is 0.225 e. The molecule has 134 valence electrons. The van der Waals surface area contributed by atoms with Crippen molar-refractivity contribution in [1.29, 1.82) is 0 Å². The van der Waals surface area contributed by atoms with Gasteiger partial charge in [0.2, 0.25) is 5.91 Å². The number of imidazole rings is 1. The molecule has 0 radical (unpaired) electrons. The summed E-state index contributed by atoms with van der Waals surface area (Å²) in [4.78, 5) is 21.5. The molecule has 4 aromatic rings. The Morgan fingerprint density at radius 2 is 1.67 bits per heavy atom. The zero-order chi connectivity index (χ0) is 18.5. The lowest BCUT2D eigenvalue weighted by Crippen LogP contribution is -2.13. The number of H-pyrrole nitrogens is 1. The molecule has 0 saturated carbocycles. The first-order chi connectivity index (χ1) is 13.3. The SMILES string of the molecule is O=C(CCSc1ccccc1)Nc1ccccc1-c1nc2ccccc2[nH]1. The van der Waals surface area contributed by atoms with Gasteiger partial charge in [0, 0.05) is 22.6 Å². The molecule has 2 N–H and O–H groups in total. The van der Waals surface area contributed by atoms with E-state index in [1.165, 1.54) is 4.90 Å². The number of nitrogens with zero attached hydrogens (tertiary/aromatic N) is 1. The van der Waals surface area contributed by atoms with Gasteiger partial charge in [-0.05, 0) is 36.4 Å². The molecule has 5 heteroatoms. The quantitative estimate of drug-likeness (QED) is 0.448. The molecule has 0 aliphatic rings. The molecule has 27 heavy (non-hydrogen) atoms. The van der Waals surface area contributed by atoms with Crippen LogP contribution in [-0.4, -0.2) is 21.6 Å². The fraction of sp³-hybridized carbons (Fsp3) is 0.0909. The molecule has 0 aliphatic carbocycles. The first-order valence-electron chi connectivity index (χ1n) is 8.81. The third-order valence-electron chi connectivity index (χ3n) is 4.19. The van der Waals surface area contributed by atoms with Crippen LogP contribution in [0.4, 0.5) is 5.69 Å². The third-order valence-corrected chi connectivity index (χ3v) is 5.20. The summed E-state index contributed by atoms with van der Waals surface area (Å²) in [5.74, 6) is 1.50. The highest BCUT2D eigenvalue weighted by molar-refractivity contribution is 7.99. The Bertz CT molecular complexity index is 1030. The normalized spacial score (nSPS) is 10.8. The van der Waals surface area contributed by atoms with E-state index in [4.69, 9.17) is 0 Å². The van der Waals surface area contributed by atoms with Crippen LogP contribution in [0, 0.1) is 0 Å². The second-order valence-electron chi connectivity index (χ2n) is 6.11. The Morgan fingerprint density at radius 1 is 0.926 bits per heavy atom. The summed E-state index contributed by atoms with van der Waals surface area (Å²) in [6.07, 6.45) is 0.452. The summed E-state index contributed by atoms with van der Waals surface area (Å²) in [7, 11) is 0. The number of anilines is 1. The van der Waals surface area contributed by atoms with Gasteiger partial charge >= 0.3 is 0 Å². The maximum Gasteiger partial charge on any atom is 0.225 e. The van der Waals surface area contributed by atoms with Crippen molar-refractivity contribution in [3.05, 3.63) is 78.9 Å². The minimum atomic E-state index is 0.00184. The highest BCUT2D eigenvalue weighted by Gasteiger charge is 2.11. The highest BCUT2D eigenvalue weighted by atomic mass is 32.2. The van der Waals surface area contributed by atoms with Crippen molar-refractivity contribution in [2.75, 3.05) is 11.1 Å². The maximum atomic E-state index is 12.4. The lowest BCUT2D eigenvalue weighted by molar-refractivity contribution is -0.115. The number of hydrogen-bond acceptors (Lipinski definition) is 3. The van der Waals surface area contributed by atoms with E-state index in [9.17, 15) is 4.79 Å². The summed E-state index contributed by atoms with van der Waals surface area (Å²) in [6, 6.07) is 25.8. The van der Waals surface area contributed by atoms with E-state index in [0.29, 0.717) is 6.42 Å². The second-order valence-corrected chi connectivity index (χ2v) is 7.28. The number of aromatic nitrogens is 2. The molecule has 1 heterocycles. The molecule has 1 amide bonds. The van der Waals surface area contributed by atoms with Gasteiger partial charge in [0.1, 0.15) is 5.82 Å². The van der Waals surface area contributed by atoms with Gasteiger partial charge in [-0.25, -0.2) is 4.98 Å². The zero-order valence-electron chi connectivity index (χ0n) is 14.7. The number of para-hydroxylation sites is 3.